The van der Waals surface area contributed by atoms with Crippen molar-refractivity contribution in [3.05, 3.63) is 5.82 Å². The van der Waals surface area contributed by atoms with Crippen LogP contribution in [0.15, 0.2) is 5.16 Å². The molecule has 210 valence electrons. The zero-order valence-electron chi connectivity index (χ0n) is 21.3. The molecular formula is C21H31ClN7O7S2+. The van der Waals surface area contributed by atoms with Crippen molar-refractivity contribution < 1.29 is 38.1 Å². The Morgan fingerprint density at radius 1 is 1.26 bits per heavy atom. The fourth-order valence-corrected chi connectivity index (χ4v) is 5.04. The van der Waals surface area contributed by atoms with Crippen LogP contribution in [0.5, 0.6) is 0 Å². The number of carbonyl (C=O) groups excluding carboxylic acids is 4. The second-order valence-corrected chi connectivity index (χ2v) is 11.5. The summed E-state index contributed by atoms with van der Waals surface area (Å²) in [5, 5.41) is 7.00. The Hall–Kier alpha value is -2.82. The zero-order valence-corrected chi connectivity index (χ0v) is 23.7. The fraction of sp³-hybridized carbons (Fsp3) is 0.619. The monoisotopic (exact) mass is 592 g/mol. The van der Waals surface area contributed by atoms with Gasteiger partial charge in [-0.3, -0.25) is 9.59 Å². The Morgan fingerprint density at radius 2 is 1.97 bits per heavy atom. The van der Waals surface area contributed by atoms with Gasteiger partial charge in [-0.1, -0.05) is 23.8 Å². The standard InChI is InChI=1S/C21H29N7O7S2.ClH/c1-10-8-11(18(31)33-9-34-19(32)21(2,3)4)28-16(30)13(17(28)36-10)24-15(29)12(26-35-7-5-6-22)14-25-20(23)37-27-14;/h10-11,13H,5-9,22H2,1-4H3,(H2-,23,24,25,27,29);1H/p+1. The predicted octanol–water partition coefficient (Wildman–Crippen LogP) is 0.0316. The van der Waals surface area contributed by atoms with Crippen molar-refractivity contribution in [2.75, 3.05) is 25.7 Å². The van der Waals surface area contributed by atoms with Crippen LogP contribution in [0.1, 0.15) is 46.4 Å². The van der Waals surface area contributed by atoms with Crippen molar-refractivity contribution in [3.63, 3.8) is 0 Å². The lowest BCUT2D eigenvalue weighted by Gasteiger charge is -2.32. The summed E-state index contributed by atoms with van der Waals surface area (Å²) >= 11 is 2.24. The molecule has 17 heteroatoms. The number of nitrogens with zero attached hydrogens (tertiary/aromatic N) is 4. The summed E-state index contributed by atoms with van der Waals surface area (Å²) in [6.45, 7) is 6.90. The van der Waals surface area contributed by atoms with Gasteiger partial charge in [-0.25, -0.2) is 9.59 Å². The quantitative estimate of drug-likeness (QED) is 0.0822. The van der Waals surface area contributed by atoms with Crippen LogP contribution >= 0.6 is 35.7 Å². The molecule has 2 aliphatic rings. The highest BCUT2D eigenvalue weighted by Gasteiger charge is 2.59. The van der Waals surface area contributed by atoms with Crippen LogP contribution in [0.25, 0.3) is 0 Å². The molecule has 3 heterocycles. The lowest BCUT2D eigenvalue weighted by molar-refractivity contribution is -0.496. The molecule has 3 atom stereocenters. The number of amides is 2. The lowest BCUT2D eigenvalue weighted by Crippen LogP contribution is -2.67. The molecule has 3 unspecified atom stereocenters. The molecule has 0 saturated heterocycles. The van der Waals surface area contributed by atoms with E-state index < -0.39 is 48.0 Å². The van der Waals surface area contributed by atoms with Crippen molar-refractivity contribution in [2.24, 2.45) is 16.3 Å². The van der Waals surface area contributed by atoms with Crippen LogP contribution in [-0.2, 0) is 33.5 Å². The van der Waals surface area contributed by atoms with E-state index in [0.717, 1.165) is 11.5 Å². The van der Waals surface area contributed by atoms with E-state index in [0.29, 0.717) is 24.4 Å². The first-order valence-corrected chi connectivity index (χ1v) is 13.1. The second-order valence-electron chi connectivity index (χ2n) is 9.27. The third-order valence-electron chi connectivity index (χ3n) is 5.17. The third kappa shape index (κ3) is 7.39. The van der Waals surface area contributed by atoms with E-state index in [1.54, 1.807) is 20.8 Å². The van der Waals surface area contributed by atoms with Crippen LogP contribution in [0.4, 0.5) is 5.13 Å². The molecule has 2 aliphatic heterocycles. The number of aromatic nitrogens is 2. The number of nitrogen functional groups attached to an aromatic ring is 1. The van der Waals surface area contributed by atoms with Gasteiger partial charge in [-0.05, 0) is 33.7 Å². The average molecular weight is 593 g/mol. The summed E-state index contributed by atoms with van der Waals surface area (Å²) in [6.07, 6.45) is 0.844. The number of ether oxygens (including phenoxy) is 2. The highest BCUT2D eigenvalue weighted by molar-refractivity contribution is 8.14. The molecule has 0 spiro atoms. The number of anilines is 1. The molecule has 5 N–H and O–H groups in total. The molecule has 0 bridgehead atoms. The van der Waals surface area contributed by atoms with Gasteiger partial charge in [-0.2, -0.15) is 9.36 Å². The van der Waals surface area contributed by atoms with Gasteiger partial charge in [0.25, 0.3) is 17.0 Å². The molecule has 1 aromatic rings. The van der Waals surface area contributed by atoms with E-state index in [9.17, 15) is 19.2 Å². The van der Waals surface area contributed by atoms with Gasteiger partial charge in [0, 0.05) is 23.2 Å². The Morgan fingerprint density at radius 3 is 2.58 bits per heavy atom. The molecule has 0 aromatic carbocycles. The number of hydrogen-bond donors (Lipinski definition) is 3. The number of hydrogen-bond acceptors (Lipinski definition) is 14. The molecule has 38 heavy (non-hydrogen) atoms. The first-order valence-electron chi connectivity index (χ1n) is 11.4. The second kappa shape index (κ2) is 13.3. The summed E-state index contributed by atoms with van der Waals surface area (Å²) < 4.78 is 15.4. The van der Waals surface area contributed by atoms with Crippen LogP contribution in [0.3, 0.4) is 0 Å². The minimum atomic E-state index is -1.00. The Labute approximate surface area is 233 Å². The van der Waals surface area contributed by atoms with E-state index in [-0.39, 0.29) is 40.9 Å². The molecule has 3 rings (SSSR count). The third-order valence-corrected chi connectivity index (χ3v) is 6.98. The summed E-state index contributed by atoms with van der Waals surface area (Å²) in [4.78, 5) is 59.7. The Bertz CT molecular complexity index is 1140. The number of nitrogens with two attached hydrogens (primary N) is 2. The highest BCUT2D eigenvalue weighted by atomic mass is 35.5. The summed E-state index contributed by atoms with van der Waals surface area (Å²) in [5.74, 6) is -2.52. The topological polar surface area (TPSA) is 201 Å². The molecule has 2 amide bonds. The minimum absolute atomic E-state index is 0. The van der Waals surface area contributed by atoms with Gasteiger partial charge in [-0.15, -0.1) is 17.0 Å². The van der Waals surface area contributed by atoms with Crippen molar-refractivity contribution in [3.8, 4) is 0 Å². The number of oxime groups is 1. The number of rotatable bonds is 10. The maximum Gasteiger partial charge on any atom is 0.422 e. The SMILES string of the molecule is CC1CC(C(=O)OCOC(=O)C(C)(C)C)[N+]2=C(S1)C(NC(=O)C(=NOCCCN)c1nsc(N)n1)C2=O.Cl. The number of nitrogens with one attached hydrogen (secondary N) is 1. The molecule has 14 nitrogen and oxygen atoms in total. The first-order chi connectivity index (χ1) is 17.4. The summed E-state index contributed by atoms with van der Waals surface area (Å²) in [5.41, 5.74) is 10.1. The molecule has 1 aromatic heterocycles. The van der Waals surface area contributed by atoms with Crippen LogP contribution in [0, 0.1) is 5.41 Å². The van der Waals surface area contributed by atoms with Crippen LogP contribution in [0.2, 0.25) is 0 Å². The molecule has 0 aliphatic carbocycles. The van der Waals surface area contributed by atoms with E-state index in [4.69, 9.17) is 25.8 Å². The van der Waals surface area contributed by atoms with Gasteiger partial charge in [0.2, 0.25) is 24.4 Å². The Kier molecular flexibility index (Phi) is 11.0. The normalized spacial score (nSPS) is 21.0. The van der Waals surface area contributed by atoms with Gasteiger partial charge >= 0.3 is 17.8 Å². The largest absolute Gasteiger partial charge is 0.427 e. The summed E-state index contributed by atoms with van der Waals surface area (Å²) in [6, 6.07) is -1.91. The first kappa shape index (κ1) is 31.4. The van der Waals surface area contributed by atoms with Crippen molar-refractivity contribution in [1.29, 1.82) is 0 Å². The van der Waals surface area contributed by atoms with Gasteiger partial charge in [0.05, 0.1) is 5.41 Å². The number of halogens is 1. The predicted molar refractivity (Wildman–Crippen MR) is 142 cm³/mol. The molecular weight excluding hydrogens is 562 g/mol. The maximum absolute atomic E-state index is 13.0. The van der Waals surface area contributed by atoms with E-state index in [1.165, 1.54) is 16.3 Å². The maximum atomic E-state index is 13.0. The van der Waals surface area contributed by atoms with Crippen molar-refractivity contribution in [2.45, 2.75) is 57.9 Å². The molecule has 0 saturated carbocycles. The van der Waals surface area contributed by atoms with Crippen molar-refractivity contribution in [1.82, 2.24) is 14.7 Å². The smallest absolute Gasteiger partial charge is 0.422 e. The van der Waals surface area contributed by atoms with Gasteiger partial charge in [0.15, 0.2) is 5.13 Å². The van der Waals surface area contributed by atoms with Crippen LogP contribution in [-0.4, -0.2) is 85.7 Å². The van der Waals surface area contributed by atoms with Gasteiger partial charge < -0.3 is 31.1 Å². The van der Waals surface area contributed by atoms with Crippen molar-refractivity contribution >= 4 is 75.3 Å². The average Bonchev–Trinajstić information content (AvgIpc) is 3.26. The van der Waals surface area contributed by atoms with Crippen LogP contribution < -0.4 is 16.8 Å². The molecule has 0 radical (unpaired) electrons. The van der Waals surface area contributed by atoms with E-state index in [2.05, 4.69) is 19.8 Å². The minimum Gasteiger partial charge on any atom is -0.427 e. The summed E-state index contributed by atoms with van der Waals surface area (Å²) in [7, 11) is 0. The Balaban J connectivity index is 0.00000507. The fourth-order valence-electron chi connectivity index (χ4n) is 3.28. The lowest BCUT2D eigenvalue weighted by atomic mass is 9.98. The number of thioether (sulfide) groups is 1. The van der Waals surface area contributed by atoms with E-state index >= 15 is 0 Å². The van der Waals surface area contributed by atoms with E-state index in [1.807, 2.05) is 6.92 Å². The highest BCUT2D eigenvalue weighted by Crippen LogP contribution is 2.33. The number of carbonyl (C=O) groups is 4. The number of esters is 2. The van der Waals surface area contributed by atoms with Gasteiger partial charge in [0.1, 0.15) is 6.61 Å². The molecule has 0 fully saturated rings. The zero-order chi connectivity index (χ0) is 27.3.